The van der Waals surface area contributed by atoms with Crippen LogP contribution in [0.4, 0.5) is 11.4 Å². The van der Waals surface area contributed by atoms with Crippen LogP contribution < -0.4 is 15.4 Å². The molecular weight excluding hydrogens is 246 g/mol. The molecule has 1 aromatic carbocycles. The highest BCUT2D eigenvalue weighted by Crippen LogP contribution is 2.32. The average molecular weight is 263 g/mol. The number of nitrogens with zero attached hydrogens (tertiary/aromatic N) is 2. The minimum absolute atomic E-state index is 0.662. The maximum Gasteiger partial charge on any atom is 0.143 e. The zero-order valence-electron chi connectivity index (χ0n) is 10.8. The minimum Gasteiger partial charge on any atom is -0.495 e. The summed E-state index contributed by atoms with van der Waals surface area (Å²) in [4.78, 5) is 6.53. The van der Waals surface area contributed by atoms with Gasteiger partial charge >= 0.3 is 0 Å². The number of rotatable bonds is 4. The Hall–Kier alpha value is -1.75. The van der Waals surface area contributed by atoms with Crippen LogP contribution in [-0.2, 0) is 6.54 Å². The van der Waals surface area contributed by atoms with Gasteiger partial charge in [0.2, 0.25) is 0 Å². The van der Waals surface area contributed by atoms with Crippen LogP contribution in [-0.4, -0.2) is 19.1 Å². The van der Waals surface area contributed by atoms with E-state index in [9.17, 15) is 0 Å². The summed E-state index contributed by atoms with van der Waals surface area (Å²) in [5.74, 6) is 0.703. The third kappa shape index (κ3) is 2.56. The van der Waals surface area contributed by atoms with Crippen molar-refractivity contribution in [3.8, 4) is 5.75 Å². The molecule has 5 heteroatoms. The average Bonchev–Trinajstić information content (AvgIpc) is 2.75. The summed E-state index contributed by atoms with van der Waals surface area (Å²) < 4.78 is 5.22. The summed E-state index contributed by atoms with van der Waals surface area (Å²) in [5.41, 5.74) is 8.75. The molecule has 0 bridgehead atoms. The molecule has 0 fully saturated rings. The zero-order valence-corrected chi connectivity index (χ0v) is 11.6. The molecule has 0 saturated heterocycles. The fourth-order valence-corrected chi connectivity index (χ4v) is 2.46. The third-order valence-corrected chi connectivity index (χ3v) is 3.56. The SMILES string of the molecule is COc1cccc(N(C)Cc2csc(C)n2)c1N. The van der Waals surface area contributed by atoms with Crippen molar-refractivity contribution >= 4 is 22.7 Å². The van der Waals surface area contributed by atoms with Crippen LogP contribution in [0.3, 0.4) is 0 Å². The quantitative estimate of drug-likeness (QED) is 0.862. The van der Waals surface area contributed by atoms with E-state index in [-0.39, 0.29) is 0 Å². The summed E-state index contributed by atoms with van der Waals surface area (Å²) >= 11 is 1.66. The van der Waals surface area contributed by atoms with Gasteiger partial charge in [0, 0.05) is 12.4 Å². The number of benzene rings is 1. The van der Waals surface area contributed by atoms with Gasteiger partial charge in [-0.25, -0.2) is 4.98 Å². The number of para-hydroxylation sites is 1. The number of hydrogen-bond acceptors (Lipinski definition) is 5. The molecule has 1 aromatic heterocycles. The summed E-state index contributed by atoms with van der Waals surface area (Å²) in [6.45, 7) is 2.75. The second-order valence-corrected chi connectivity index (χ2v) is 5.17. The van der Waals surface area contributed by atoms with Gasteiger partial charge in [-0.05, 0) is 19.1 Å². The van der Waals surface area contributed by atoms with Gasteiger partial charge in [-0.1, -0.05) is 6.07 Å². The fourth-order valence-electron chi connectivity index (χ4n) is 1.85. The van der Waals surface area contributed by atoms with E-state index >= 15 is 0 Å². The first-order valence-electron chi connectivity index (χ1n) is 5.66. The molecular formula is C13H17N3OS. The molecule has 1 heterocycles. The molecule has 96 valence electrons. The number of nitrogen functional groups attached to an aromatic ring is 1. The van der Waals surface area contributed by atoms with Crippen molar-refractivity contribution in [2.24, 2.45) is 0 Å². The summed E-state index contributed by atoms with van der Waals surface area (Å²) in [5, 5.41) is 3.15. The third-order valence-electron chi connectivity index (χ3n) is 2.74. The molecule has 0 radical (unpaired) electrons. The number of thiazole rings is 1. The Bertz CT molecular complexity index is 539. The summed E-state index contributed by atoms with van der Waals surface area (Å²) in [7, 11) is 3.62. The monoisotopic (exact) mass is 263 g/mol. The predicted octanol–water partition coefficient (Wildman–Crippen LogP) is 2.68. The number of methoxy groups -OCH3 is 1. The van der Waals surface area contributed by atoms with E-state index in [2.05, 4.69) is 15.3 Å². The van der Waals surface area contributed by atoms with Gasteiger partial charge in [0.1, 0.15) is 5.75 Å². The van der Waals surface area contributed by atoms with Crippen LogP contribution in [0, 0.1) is 6.92 Å². The van der Waals surface area contributed by atoms with Crippen LogP contribution in [0.2, 0.25) is 0 Å². The second kappa shape index (κ2) is 5.27. The van der Waals surface area contributed by atoms with Crippen molar-refractivity contribution in [1.82, 2.24) is 4.98 Å². The first kappa shape index (κ1) is 12.7. The number of aryl methyl sites for hydroxylation is 1. The van der Waals surface area contributed by atoms with Crippen LogP contribution >= 0.6 is 11.3 Å². The number of ether oxygens (including phenoxy) is 1. The summed E-state index contributed by atoms with van der Waals surface area (Å²) in [6, 6.07) is 5.78. The number of anilines is 2. The van der Waals surface area contributed by atoms with Crippen LogP contribution in [0.15, 0.2) is 23.6 Å². The molecule has 0 saturated carbocycles. The van der Waals surface area contributed by atoms with Gasteiger partial charge in [-0.2, -0.15) is 0 Å². The van der Waals surface area contributed by atoms with Gasteiger partial charge < -0.3 is 15.4 Å². The Morgan fingerprint density at radius 2 is 2.22 bits per heavy atom. The number of hydrogen-bond donors (Lipinski definition) is 1. The van der Waals surface area contributed by atoms with Crippen molar-refractivity contribution in [1.29, 1.82) is 0 Å². The molecule has 4 nitrogen and oxygen atoms in total. The molecule has 0 aliphatic rings. The topological polar surface area (TPSA) is 51.4 Å². The lowest BCUT2D eigenvalue weighted by atomic mass is 10.2. The zero-order chi connectivity index (χ0) is 13.1. The smallest absolute Gasteiger partial charge is 0.143 e. The molecule has 2 rings (SSSR count). The van der Waals surface area contributed by atoms with E-state index in [0.29, 0.717) is 11.4 Å². The Kier molecular flexibility index (Phi) is 3.72. The van der Waals surface area contributed by atoms with E-state index < -0.39 is 0 Å². The minimum atomic E-state index is 0.662. The van der Waals surface area contributed by atoms with Crippen molar-refractivity contribution in [2.75, 3.05) is 24.8 Å². The number of nitrogens with two attached hydrogens (primary N) is 1. The first-order chi connectivity index (χ1) is 8.61. The van der Waals surface area contributed by atoms with E-state index in [1.165, 1.54) is 0 Å². The van der Waals surface area contributed by atoms with E-state index in [0.717, 1.165) is 22.9 Å². The second-order valence-electron chi connectivity index (χ2n) is 4.11. The Morgan fingerprint density at radius 1 is 1.44 bits per heavy atom. The fraction of sp³-hybridized carbons (Fsp3) is 0.308. The highest BCUT2D eigenvalue weighted by Gasteiger charge is 2.10. The molecule has 2 N–H and O–H groups in total. The van der Waals surface area contributed by atoms with E-state index in [4.69, 9.17) is 10.5 Å². The van der Waals surface area contributed by atoms with Crippen LogP contribution in [0.5, 0.6) is 5.75 Å². The molecule has 18 heavy (non-hydrogen) atoms. The normalized spacial score (nSPS) is 10.4. The van der Waals surface area contributed by atoms with Crippen LogP contribution in [0.25, 0.3) is 0 Å². The van der Waals surface area contributed by atoms with E-state index in [1.807, 2.05) is 32.2 Å². The maximum atomic E-state index is 6.07. The molecule has 0 aliphatic carbocycles. The van der Waals surface area contributed by atoms with Gasteiger partial charge in [-0.15, -0.1) is 11.3 Å². The Morgan fingerprint density at radius 3 is 2.83 bits per heavy atom. The first-order valence-corrected chi connectivity index (χ1v) is 6.54. The van der Waals surface area contributed by atoms with Crippen molar-refractivity contribution < 1.29 is 4.74 Å². The molecule has 0 aliphatic heterocycles. The molecule has 0 atom stereocenters. The van der Waals surface area contributed by atoms with E-state index in [1.54, 1.807) is 18.4 Å². The molecule has 0 spiro atoms. The lowest BCUT2D eigenvalue weighted by Crippen LogP contribution is -2.18. The molecule has 0 unspecified atom stereocenters. The highest BCUT2D eigenvalue weighted by atomic mass is 32.1. The van der Waals surface area contributed by atoms with Gasteiger partial charge in [-0.3, -0.25) is 0 Å². The molecule has 2 aromatic rings. The van der Waals surface area contributed by atoms with Crippen molar-refractivity contribution in [3.63, 3.8) is 0 Å². The van der Waals surface area contributed by atoms with Gasteiger partial charge in [0.05, 0.1) is 35.7 Å². The van der Waals surface area contributed by atoms with Crippen molar-refractivity contribution in [2.45, 2.75) is 13.5 Å². The lowest BCUT2D eigenvalue weighted by Gasteiger charge is -2.21. The number of aromatic nitrogens is 1. The predicted molar refractivity (Wildman–Crippen MR) is 76.4 cm³/mol. The highest BCUT2D eigenvalue weighted by molar-refractivity contribution is 7.09. The van der Waals surface area contributed by atoms with Crippen molar-refractivity contribution in [3.05, 3.63) is 34.3 Å². The molecule has 0 amide bonds. The lowest BCUT2D eigenvalue weighted by molar-refractivity contribution is 0.417. The maximum absolute atomic E-state index is 6.07. The largest absolute Gasteiger partial charge is 0.495 e. The van der Waals surface area contributed by atoms with Crippen LogP contribution in [0.1, 0.15) is 10.7 Å². The Labute approximate surface area is 111 Å². The summed E-state index contributed by atoms with van der Waals surface area (Å²) in [6.07, 6.45) is 0. The van der Waals surface area contributed by atoms with Gasteiger partial charge in [0.15, 0.2) is 0 Å². The standard InChI is InChI=1S/C13H17N3OS/c1-9-15-10(8-18-9)7-16(2)11-5-4-6-12(17-3)13(11)14/h4-6,8H,7,14H2,1-3H3. The Balaban J connectivity index is 2.21. The van der Waals surface area contributed by atoms with Gasteiger partial charge in [0.25, 0.3) is 0 Å².